The van der Waals surface area contributed by atoms with Crippen LogP contribution < -0.4 is 5.32 Å². The summed E-state index contributed by atoms with van der Waals surface area (Å²) in [7, 11) is 0. The Morgan fingerprint density at radius 1 is 1.15 bits per heavy atom. The van der Waals surface area contributed by atoms with Crippen LogP contribution in [0.15, 0.2) is 48.5 Å². The van der Waals surface area contributed by atoms with Crippen molar-refractivity contribution in [3.8, 4) is 0 Å². The number of nitrogens with one attached hydrogen (secondary N) is 1. The van der Waals surface area contributed by atoms with Crippen molar-refractivity contribution in [2.75, 3.05) is 44.6 Å². The molecule has 0 unspecified atom stereocenters. The summed E-state index contributed by atoms with van der Waals surface area (Å²) in [5.74, 6) is 0.0569. The highest BCUT2D eigenvalue weighted by Crippen LogP contribution is 2.24. The van der Waals surface area contributed by atoms with Crippen LogP contribution >= 0.6 is 11.3 Å². The van der Waals surface area contributed by atoms with Gasteiger partial charge < -0.3 is 10.1 Å². The van der Waals surface area contributed by atoms with Gasteiger partial charge >= 0.3 is 0 Å². The molecule has 0 radical (unpaired) electrons. The number of aromatic nitrogens is 1. The number of rotatable bonds is 7. The second kappa shape index (κ2) is 10.3. The van der Waals surface area contributed by atoms with Crippen molar-refractivity contribution < 1.29 is 9.53 Å². The van der Waals surface area contributed by atoms with Crippen LogP contribution in [0.25, 0.3) is 10.2 Å². The van der Waals surface area contributed by atoms with Crippen LogP contribution in [0.3, 0.4) is 0 Å². The number of hydrogen-bond acceptors (Lipinski definition) is 6. The van der Waals surface area contributed by atoms with Crippen LogP contribution in [0, 0.1) is 0 Å². The van der Waals surface area contributed by atoms with Crippen LogP contribution in [0.4, 0.5) is 5.69 Å². The molecule has 2 aliphatic heterocycles. The highest BCUT2D eigenvalue weighted by molar-refractivity contribution is 7.18. The first-order valence-electron chi connectivity index (χ1n) is 12.0. The Labute approximate surface area is 199 Å². The van der Waals surface area contributed by atoms with E-state index in [9.17, 15) is 4.79 Å². The van der Waals surface area contributed by atoms with Crippen LogP contribution in [0.2, 0.25) is 0 Å². The molecule has 5 rings (SSSR count). The van der Waals surface area contributed by atoms with Crippen molar-refractivity contribution in [3.05, 3.63) is 59.1 Å². The van der Waals surface area contributed by atoms with E-state index < -0.39 is 0 Å². The Hall–Kier alpha value is -2.32. The fraction of sp³-hybridized carbons (Fsp3) is 0.462. The summed E-state index contributed by atoms with van der Waals surface area (Å²) in [6.07, 6.45) is 3.57. The molecule has 2 aliphatic rings. The molecule has 7 heteroatoms. The molecule has 6 nitrogen and oxygen atoms in total. The number of piperazine rings is 1. The fourth-order valence-electron chi connectivity index (χ4n) is 4.70. The molecular formula is C26H32N4O2S. The van der Waals surface area contributed by atoms with Crippen molar-refractivity contribution in [2.24, 2.45) is 0 Å². The maximum absolute atomic E-state index is 12.9. The SMILES string of the molecule is C[C@H](C(=O)Nc1ccc(Cc2nc3ccccc3s2)cc1)N1CCN(C[C@H]2CCCO2)CC1. The lowest BCUT2D eigenvalue weighted by atomic mass is 10.1. The number of ether oxygens (including phenoxy) is 1. The van der Waals surface area contributed by atoms with E-state index >= 15 is 0 Å². The lowest BCUT2D eigenvalue weighted by Crippen LogP contribution is -2.53. The Bertz CT molecular complexity index is 1040. The standard InChI is InChI=1S/C26H32N4O2S/c1-19(30-14-12-29(13-15-30)18-22-5-4-16-32-22)26(31)27-21-10-8-20(9-11-21)17-25-28-23-6-2-3-7-24(23)33-25/h2-3,6-11,19,22H,4-5,12-18H2,1H3,(H,27,31)/t19-,22-/m1/s1. The van der Waals surface area contributed by atoms with Crippen LogP contribution in [-0.4, -0.2) is 72.2 Å². The molecule has 2 aromatic carbocycles. The average molecular weight is 465 g/mol. The lowest BCUT2D eigenvalue weighted by Gasteiger charge is -2.38. The maximum atomic E-state index is 12.9. The van der Waals surface area contributed by atoms with Gasteiger partial charge in [-0.15, -0.1) is 11.3 Å². The number of amides is 1. The van der Waals surface area contributed by atoms with Gasteiger partial charge in [0.05, 0.1) is 27.4 Å². The van der Waals surface area contributed by atoms with E-state index in [1.165, 1.54) is 23.1 Å². The summed E-state index contributed by atoms with van der Waals surface area (Å²) in [6, 6.07) is 16.2. The van der Waals surface area contributed by atoms with E-state index in [1.807, 2.05) is 31.2 Å². The van der Waals surface area contributed by atoms with Gasteiger partial charge in [-0.1, -0.05) is 24.3 Å². The number of hydrogen-bond donors (Lipinski definition) is 1. The molecule has 2 atom stereocenters. The predicted molar refractivity (Wildman–Crippen MR) is 134 cm³/mol. The lowest BCUT2D eigenvalue weighted by molar-refractivity contribution is -0.121. The zero-order valence-corrected chi connectivity index (χ0v) is 20.0. The van der Waals surface area contributed by atoms with Gasteiger partial charge in [0.15, 0.2) is 0 Å². The third-order valence-electron chi connectivity index (χ3n) is 6.73. The molecular weight excluding hydrogens is 432 g/mol. The first kappa shape index (κ1) is 22.5. The number of carbonyl (C=O) groups excluding carboxylic acids is 1. The van der Waals surface area contributed by atoms with Crippen LogP contribution in [0.5, 0.6) is 0 Å². The minimum absolute atomic E-state index is 0.0569. The van der Waals surface area contributed by atoms with Crippen LogP contribution in [0.1, 0.15) is 30.3 Å². The Balaban J connectivity index is 1.10. The molecule has 0 bridgehead atoms. The van der Waals surface area contributed by atoms with Gasteiger partial charge in [0.1, 0.15) is 0 Å². The minimum Gasteiger partial charge on any atom is -0.377 e. The number of carbonyl (C=O) groups is 1. The molecule has 0 aliphatic carbocycles. The van der Waals surface area contributed by atoms with Gasteiger partial charge in [0, 0.05) is 51.4 Å². The van der Waals surface area contributed by atoms with E-state index in [1.54, 1.807) is 11.3 Å². The highest BCUT2D eigenvalue weighted by Gasteiger charge is 2.27. The fourth-order valence-corrected chi connectivity index (χ4v) is 5.70. The number of para-hydroxylation sites is 1. The first-order chi connectivity index (χ1) is 16.1. The smallest absolute Gasteiger partial charge is 0.241 e. The Morgan fingerprint density at radius 2 is 1.94 bits per heavy atom. The number of nitrogens with zero attached hydrogens (tertiary/aromatic N) is 3. The monoisotopic (exact) mass is 464 g/mol. The predicted octanol–water partition coefficient (Wildman–Crippen LogP) is 4.01. The molecule has 1 aromatic heterocycles. The van der Waals surface area contributed by atoms with E-state index in [0.29, 0.717) is 6.10 Å². The number of benzene rings is 2. The number of anilines is 1. The molecule has 33 heavy (non-hydrogen) atoms. The van der Waals surface area contributed by atoms with Gasteiger partial charge in [-0.2, -0.15) is 0 Å². The topological polar surface area (TPSA) is 57.7 Å². The van der Waals surface area contributed by atoms with Crippen LogP contribution in [-0.2, 0) is 16.0 Å². The summed E-state index contributed by atoms with van der Waals surface area (Å²) >= 11 is 1.74. The van der Waals surface area contributed by atoms with E-state index in [0.717, 1.165) is 62.0 Å². The highest BCUT2D eigenvalue weighted by atomic mass is 32.1. The summed E-state index contributed by atoms with van der Waals surface area (Å²) in [6.45, 7) is 7.77. The first-order valence-corrected chi connectivity index (χ1v) is 12.8. The van der Waals surface area contributed by atoms with Crippen molar-refractivity contribution in [3.63, 3.8) is 0 Å². The Morgan fingerprint density at radius 3 is 2.67 bits per heavy atom. The molecule has 0 saturated carbocycles. The third kappa shape index (κ3) is 5.61. The number of thiazole rings is 1. The zero-order chi connectivity index (χ0) is 22.6. The normalized spacial score (nSPS) is 20.8. The number of fused-ring (bicyclic) bond motifs is 1. The molecule has 3 aromatic rings. The second-order valence-corrected chi connectivity index (χ2v) is 10.2. The second-order valence-electron chi connectivity index (χ2n) is 9.09. The van der Waals surface area contributed by atoms with Crippen molar-refractivity contribution >= 4 is 33.1 Å². The summed E-state index contributed by atoms with van der Waals surface area (Å²) in [4.78, 5) is 22.3. The van der Waals surface area contributed by atoms with Gasteiger partial charge in [0.2, 0.25) is 5.91 Å². The largest absolute Gasteiger partial charge is 0.377 e. The van der Waals surface area contributed by atoms with E-state index in [2.05, 4.69) is 39.4 Å². The quantitative estimate of drug-likeness (QED) is 0.573. The molecule has 3 heterocycles. The van der Waals surface area contributed by atoms with Gasteiger partial charge in [-0.05, 0) is 49.6 Å². The van der Waals surface area contributed by atoms with Crippen molar-refractivity contribution in [1.82, 2.24) is 14.8 Å². The Kier molecular flexibility index (Phi) is 7.02. The summed E-state index contributed by atoms with van der Waals surface area (Å²) in [5, 5.41) is 4.21. The van der Waals surface area contributed by atoms with E-state index in [-0.39, 0.29) is 11.9 Å². The van der Waals surface area contributed by atoms with Gasteiger partial charge in [0.25, 0.3) is 0 Å². The van der Waals surface area contributed by atoms with Gasteiger partial charge in [-0.3, -0.25) is 14.6 Å². The summed E-state index contributed by atoms with van der Waals surface area (Å²) < 4.78 is 6.99. The average Bonchev–Trinajstić information content (AvgIpc) is 3.49. The molecule has 174 valence electrons. The molecule has 1 amide bonds. The maximum Gasteiger partial charge on any atom is 0.241 e. The zero-order valence-electron chi connectivity index (χ0n) is 19.2. The molecule has 1 N–H and O–H groups in total. The summed E-state index contributed by atoms with van der Waals surface area (Å²) in [5.41, 5.74) is 3.10. The minimum atomic E-state index is -0.141. The molecule has 2 fully saturated rings. The molecule has 0 spiro atoms. The van der Waals surface area contributed by atoms with Crippen molar-refractivity contribution in [1.29, 1.82) is 0 Å². The van der Waals surface area contributed by atoms with Gasteiger partial charge in [-0.25, -0.2) is 4.98 Å². The van der Waals surface area contributed by atoms with Crippen molar-refractivity contribution in [2.45, 2.75) is 38.3 Å². The van der Waals surface area contributed by atoms with E-state index in [4.69, 9.17) is 9.72 Å². The third-order valence-corrected chi connectivity index (χ3v) is 7.77. The molecule has 2 saturated heterocycles.